The molecule has 0 saturated heterocycles. The van der Waals surface area contributed by atoms with Crippen LogP contribution in [0.5, 0.6) is 23.0 Å². The quantitative estimate of drug-likeness (QED) is 0.658. The van der Waals surface area contributed by atoms with Crippen LogP contribution >= 0.6 is 11.6 Å². The van der Waals surface area contributed by atoms with Crippen molar-refractivity contribution < 1.29 is 23.7 Å². The van der Waals surface area contributed by atoms with Gasteiger partial charge in [0, 0.05) is 5.02 Å². The van der Waals surface area contributed by atoms with E-state index in [0.29, 0.717) is 56.9 Å². The molecule has 5 nitrogen and oxygen atoms in total. The summed E-state index contributed by atoms with van der Waals surface area (Å²) in [6, 6.07) is 5.14. The molecule has 0 amide bonds. The van der Waals surface area contributed by atoms with Crippen LogP contribution in [-0.2, 0) is 0 Å². The monoisotopic (exact) mass is 378 g/mol. The molecule has 0 aliphatic rings. The molecule has 0 atom stereocenters. The van der Waals surface area contributed by atoms with Crippen molar-refractivity contribution in [3.63, 3.8) is 0 Å². The van der Waals surface area contributed by atoms with E-state index in [2.05, 4.69) is 0 Å². The molecule has 0 aliphatic carbocycles. The number of carbonyl (C=O) groups excluding carboxylic acids is 1. The minimum absolute atomic E-state index is 0.250. The minimum atomic E-state index is -0.250. The summed E-state index contributed by atoms with van der Waals surface area (Å²) in [6.07, 6.45) is 0. The molecular formula is C20H23ClO5. The third-order valence-corrected chi connectivity index (χ3v) is 4.56. The van der Waals surface area contributed by atoms with Crippen molar-refractivity contribution in [2.45, 2.75) is 20.8 Å². The zero-order valence-electron chi connectivity index (χ0n) is 15.9. The average Bonchev–Trinajstić information content (AvgIpc) is 2.63. The van der Waals surface area contributed by atoms with Crippen LogP contribution in [0, 0.1) is 13.8 Å². The standard InChI is InChI=1S/C20H23ClO5/c1-7-26-19-15(24-5)10-11(2)16(20(19)25-6)18(22)17-12(3)13(21)8-9-14(17)23-4/h8-10H,7H2,1-6H3. The Morgan fingerprint density at radius 3 is 2.15 bits per heavy atom. The minimum Gasteiger partial charge on any atom is -0.496 e. The summed E-state index contributed by atoms with van der Waals surface area (Å²) in [5, 5.41) is 0.490. The summed E-state index contributed by atoms with van der Waals surface area (Å²) in [4.78, 5) is 13.4. The topological polar surface area (TPSA) is 54.0 Å². The number of methoxy groups -OCH3 is 3. The maximum absolute atomic E-state index is 13.4. The predicted molar refractivity (Wildman–Crippen MR) is 102 cm³/mol. The van der Waals surface area contributed by atoms with Gasteiger partial charge >= 0.3 is 0 Å². The van der Waals surface area contributed by atoms with Gasteiger partial charge in [-0.25, -0.2) is 0 Å². The summed E-state index contributed by atoms with van der Waals surface area (Å²) in [6.45, 7) is 5.86. The predicted octanol–water partition coefficient (Wildman–Crippen LogP) is 4.61. The van der Waals surface area contributed by atoms with E-state index in [1.54, 1.807) is 32.2 Å². The van der Waals surface area contributed by atoms with E-state index in [-0.39, 0.29) is 5.78 Å². The number of hydrogen-bond acceptors (Lipinski definition) is 5. The molecular weight excluding hydrogens is 356 g/mol. The fourth-order valence-electron chi connectivity index (χ4n) is 2.89. The van der Waals surface area contributed by atoms with Gasteiger partial charge in [-0.2, -0.15) is 0 Å². The van der Waals surface area contributed by atoms with E-state index in [1.807, 2.05) is 13.8 Å². The van der Waals surface area contributed by atoms with Crippen LogP contribution in [0.4, 0.5) is 0 Å². The number of halogens is 1. The van der Waals surface area contributed by atoms with Crippen molar-refractivity contribution >= 4 is 17.4 Å². The molecule has 0 bridgehead atoms. The Labute approximate surface area is 158 Å². The molecule has 2 rings (SSSR count). The molecule has 0 aliphatic heterocycles. The number of carbonyl (C=O) groups is 1. The first kappa shape index (κ1) is 19.9. The van der Waals surface area contributed by atoms with E-state index in [4.69, 9.17) is 30.5 Å². The van der Waals surface area contributed by atoms with Gasteiger partial charge in [-0.1, -0.05) is 11.6 Å². The van der Waals surface area contributed by atoms with Crippen LogP contribution in [0.1, 0.15) is 34.0 Å². The smallest absolute Gasteiger partial charge is 0.204 e. The maximum atomic E-state index is 13.4. The molecule has 2 aromatic carbocycles. The second-order valence-corrected chi connectivity index (χ2v) is 6.05. The van der Waals surface area contributed by atoms with Crippen molar-refractivity contribution in [2.75, 3.05) is 27.9 Å². The van der Waals surface area contributed by atoms with E-state index in [0.717, 1.165) is 0 Å². The van der Waals surface area contributed by atoms with Gasteiger partial charge in [0.2, 0.25) is 11.5 Å². The van der Waals surface area contributed by atoms with Crippen LogP contribution in [0.25, 0.3) is 0 Å². The Morgan fingerprint density at radius 1 is 0.962 bits per heavy atom. The van der Waals surface area contributed by atoms with Gasteiger partial charge in [0.15, 0.2) is 11.5 Å². The highest BCUT2D eigenvalue weighted by atomic mass is 35.5. The molecule has 0 N–H and O–H groups in total. The Bertz CT molecular complexity index is 830. The fraction of sp³-hybridized carbons (Fsp3) is 0.350. The van der Waals surface area contributed by atoms with Gasteiger partial charge in [-0.15, -0.1) is 0 Å². The molecule has 2 aromatic rings. The molecule has 6 heteroatoms. The Hall–Kier alpha value is -2.40. The lowest BCUT2D eigenvalue weighted by Gasteiger charge is -2.20. The van der Waals surface area contributed by atoms with Gasteiger partial charge in [0.1, 0.15) is 5.75 Å². The van der Waals surface area contributed by atoms with Crippen LogP contribution in [-0.4, -0.2) is 33.7 Å². The van der Waals surface area contributed by atoms with Crippen LogP contribution < -0.4 is 18.9 Å². The third-order valence-electron chi connectivity index (χ3n) is 4.15. The summed E-state index contributed by atoms with van der Waals surface area (Å²) < 4.78 is 22.0. The highest BCUT2D eigenvalue weighted by molar-refractivity contribution is 6.32. The number of hydrogen-bond donors (Lipinski definition) is 0. The van der Waals surface area contributed by atoms with E-state index in [1.165, 1.54) is 14.2 Å². The van der Waals surface area contributed by atoms with E-state index in [9.17, 15) is 4.79 Å². The summed E-state index contributed by atoms with van der Waals surface area (Å²) >= 11 is 6.23. The van der Waals surface area contributed by atoms with Crippen LogP contribution in [0.15, 0.2) is 18.2 Å². The van der Waals surface area contributed by atoms with Crippen molar-refractivity contribution in [2.24, 2.45) is 0 Å². The first-order valence-corrected chi connectivity index (χ1v) is 8.55. The van der Waals surface area contributed by atoms with Crippen molar-refractivity contribution in [3.8, 4) is 23.0 Å². The van der Waals surface area contributed by atoms with Gasteiger partial charge in [-0.3, -0.25) is 4.79 Å². The number of ketones is 1. The lowest BCUT2D eigenvalue weighted by Crippen LogP contribution is -2.12. The highest BCUT2D eigenvalue weighted by Gasteiger charge is 2.28. The molecule has 0 spiro atoms. The second-order valence-electron chi connectivity index (χ2n) is 5.64. The van der Waals surface area contributed by atoms with Crippen LogP contribution in [0.2, 0.25) is 5.02 Å². The molecule has 0 aromatic heterocycles. The average molecular weight is 379 g/mol. The van der Waals surface area contributed by atoms with Gasteiger partial charge in [0.25, 0.3) is 0 Å². The fourth-order valence-corrected chi connectivity index (χ4v) is 3.04. The molecule has 0 saturated carbocycles. The highest BCUT2D eigenvalue weighted by Crippen LogP contribution is 2.44. The third kappa shape index (κ3) is 3.44. The van der Waals surface area contributed by atoms with Crippen LogP contribution in [0.3, 0.4) is 0 Å². The maximum Gasteiger partial charge on any atom is 0.204 e. The summed E-state index contributed by atoms with van der Waals surface area (Å²) in [5.74, 6) is 1.43. The Balaban J connectivity index is 2.79. The van der Waals surface area contributed by atoms with Gasteiger partial charge in [-0.05, 0) is 50.1 Å². The Morgan fingerprint density at radius 2 is 1.62 bits per heavy atom. The number of ether oxygens (including phenoxy) is 4. The molecule has 26 heavy (non-hydrogen) atoms. The summed E-state index contributed by atoms with van der Waals surface area (Å²) in [5.41, 5.74) is 2.13. The zero-order chi connectivity index (χ0) is 19.4. The normalized spacial score (nSPS) is 10.4. The number of benzene rings is 2. The SMILES string of the molecule is CCOc1c(OC)cc(C)c(C(=O)c2c(OC)ccc(Cl)c2C)c1OC. The van der Waals surface area contributed by atoms with Gasteiger partial charge < -0.3 is 18.9 Å². The number of aryl methyl sites for hydroxylation is 1. The second kappa shape index (κ2) is 8.32. The van der Waals surface area contributed by atoms with Crippen molar-refractivity contribution in [3.05, 3.63) is 45.5 Å². The molecule has 0 unspecified atom stereocenters. The largest absolute Gasteiger partial charge is 0.496 e. The van der Waals surface area contributed by atoms with Gasteiger partial charge in [0.05, 0.1) is 39.1 Å². The molecule has 0 fully saturated rings. The Kier molecular flexibility index (Phi) is 6.37. The molecule has 140 valence electrons. The first-order valence-electron chi connectivity index (χ1n) is 8.17. The van der Waals surface area contributed by atoms with Crippen molar-refractivity contribution in [1.29, 1.82) is 0 Å². The lowest BCUT2D eigenvalue weighted by molar-refractivity contribution is 0.103. The molecule has 0 heterocycles. The summed E-state index contributed by atoms with van der Waals surface area (Å²) in [7, 11) is 4.56. The first-order chi connectivity index (χ1) is 12.4. The van der Waals surface area contributed by atoms with E-state index < -0.39 is 0 Å². The zero-order valence-corrected chi connectivity index (χ0v) is 16.6. The number of rotatable bonds is 7. The lowest BCUT2D eigenvalue weighted by atomic mass is 9.93. The van der Waals surface area contributed by atoms with Crippen molar-refractivity contribution in [1.82, 2.24) is 0 Å². The van der Waals surface area contributed by atoms with E-state index >= 15 is 0 Å². The molecule has 0 radical (unpaired) electrons.